The highest BCUT2D eigenvalue weighted by Crippen LogP contribution is 2.24. The van der Waals surface area contributed by atoms with E-state index >= 15 is 0 Å². The molecule has 2 aromatic heterocycles. The van der Waals surface area contributed by atoms with Crippen molar-refractivity contribution < 1.29 is 13.9 Å². The first-order valence-electron chi connectivity index (χ1n) is 10.2. The first-order chi connectivity index (χ1) is 14.7. The van der Waals surface area contributed by atoms with Crippen LogP contribution in [0.15, 0.2) is 30.6 Å². The summed E-state index contributed by atoms with van der Waals surface area (Å²) in [6.07, 6.45) is 3.53. The second-order valence-corrected chi connectivity index (χ2v) is 7.56. The number of carbonyl (C=O) groups is 1. The summed E-state index contributed by atoms with van der Waals surface area (Å²) in [5.74, 6) is -0.0351. The number of hydrogen-bond acceptors (Lipinski definition) is 7. The van der Waals surface area contributed by atoms with Crippen molar-refractivity contribution in [3.05, 3.63) is 42.0 Å². The number of benzene rings is 1. The highest BCUT2D eigenvalue weighted by molar-refractivity contribution is 5.94. The van der Waals surface area contributed by atoms with E-state index in [0.29, 0.717) is 37.4 Å². The van der Waals surface area contributed by atoms with Crippen molar-refractivity contribution in [3.63, 3.8) is 0 Å². The number of morpholine rings is 1. The fraction of sp³-hybridized carbons (Fsp3) is 0.450. The minimum Gasteiger partial charge on any atom is -0.373 e. The van der Waals surface area contributed by atoms with Crippen LogP contribution in [0.4, 0.5) is 10.2 Å². The Morgan fingerprint density at radius 1 is 1.17 bits per heavy atom. The Morgan fingerprint density at radius 3 is 2.83 bits per heavy atom. The largest absolute Gasteiger partial charge is 0.373 e. The van der Waals surface area contributed by atoms with Gasteiger partial charge in [-0.2, -0.15) is 0 Å². The Bertz CT molecular complexity index is 1070. The van der Waals surface area contributed by atoms with Crippen LogP contribution in [0.2, 0.25) is 0 Å². The molecule has 0 unspecified atom stereocenters. The van der Waals surface area contributed by atoms with Crippen molar-refractivity contribution in [2.24, 2.45) is 0 Å². The Morgan fingerprint density at radius 2 is 2.00 bits per heavy atom. The van der Waals surface area contributed by atoms with Crippen LogP contribution in [-0.4, -0.2) is 74.7 Å². The molecule has 1 atom stereocenters. The van der Waals surface area contributed by atoms with Crippen LogP contribution >= 0.6 is 0 Å². The standard InChI is InChI=1S/C20H22FN7O2/c21-16-6-2-1-5-15(16)20(29)27-9-10-30-14(11-27)12-28-19-17(24-25-28)18(22-13-23-19)26-7-3-4-8-26/h1-2,5-6,13-14H,3-4,7-12H2/t14-/m0/s1. The van der Waals surface area contributed by atoms with Gasteiger partial charge in [0.05, 0.1) is 24.8 Å². The van der Waals surface area contributed by atoms with Crippen molar-refractivity contribution in [1.82, 2.24) is 29.9 Å². The lowest BCUT2D eigenvalue weighted by molar-refractivity contribution is -0.0298. The van der Waals surface area contributed by atoms with Gasteiger partial charge in [0.15, 0.2) is 17.0 Å². The summed E-state index contributed by atoms with van der Waals surface area (Å²) in [6, 6.07) is 6.03. The molecule has 2 aliphatic rings. The minimum atomic E-state index is -0.515. The van der Waals surface area contributed by atoms with Crippen LogP contribution in [0, 0.1) is 5.82 Å². The number of rotatable bonds is 4. The van der Waals surface area contributed by atoms with E-state index in [1.54, 1.807) is 21.7 Å². The molecule has 5 rings (SSSR count). The molecule has 30 heavy (non-hydrogen) atoms. The maximum atomic E-state index is 14.0. The van der Waals surface area contributed by atoms with E-state index in [-0.39, 0.29) is 17.6 Å². The van der Waals surface area contributed by atoms with E-state index in [9.17, 15) is 9.18 Å². The van der Waals surface area contributed by atoms with Crippen LogP contribution in [0.5, 0.6) is 0 Å². The summed E-state index contributed by atoms with van der Waals surface area (Å²) in [6.45, 7) is 3.46. The van der Waals surface area contributed by atoms with Crippen molar-refractivity contribution in [2.75, 3.05) is 37.7 Å². The van der Waals surface area contributed by atoms with Crippen LogP contribution in [0.25, 0.3) is 11.2 Å². The van der Waals surface area contributed by atoms with Gasteiger partial charge in [0.2, 0.25) is 0 Å². The van der Waals surface area contributed by atoms with E-state index in [4.69, 9.17) is 4.74 Å². The molecule has 156 valence electrons. The molecule has 0 aliphatic carbocycles. The van der Waals surface area contributed by atoms with Gasteiger partial charge in [0, 0.05) is 26.2 Å². The normalized spacial score (nSPS) is 19.6. The lowest BCUT2D eigenvalue weighted by Gasteiger charge is -2.33. The Kier molecular flexibility index (Phi) is 4.99. The predicted molar refractivity (Wildman–Crippen MR) is 107 cm³/mol. The first-order valence-corrected chi connectivity index (χ1v) is 10.2. The van der Waals surface area contributed by atoms with Crippen LogP contribution in [0.3, 0.4) is 0 Å². The quantitative estimate of drug-likeness (QED) is 0.643. The van der Waals surface area contributed by atoms with Gasteiger partial charge in [-0.25, -0.2) is 19.0 Å². The number of nitrogens with zero attached hydrogens (tertiary/aromatic N) is 7. The zero-order chi connectivity index (χ0) is 20.5. The van der Waals surface area contributed by atoms with E-state index in [1.807, 2.05) is 0 Å². The maximum absolute atomic E-state index is 14.0. The van der Waals surface area contributed by atoms with Crippen LogP contribution in [0.1, 0.15) is 23.2 Å². The zero-order valence-electron chi connectivity index (χ0n) is 16.4. The number of amides is 1. The summed E-state index contributed by atoms with van der Waals surface area (Å²) in [7, 11) is 0. The number of ether oxygens (including phenoxy) is 1. The summed E-state index contributed by atoms with van der Waals surface area (Å²) < 4.78 is 21.6. The third kappa shape index (κ3) is 3.47. The van der Waals surface area contributed by atoms with Gasteiger partial charge in [-0.3, -0.25) is 4.79 Å². The van der Waals surface area contributed by atoms with Gasteiger partial charge < -0.3 is 14.5 Å². The topological polar surface area (TPSA) is 89.3 Å². The second-order valence-electron chi connectivity index (χ2n) is 7.56. The highest BCUT2D eigenvalue weighted by atomic mass is 19.1. The molecule has 4 heterocycles. The molecule has 0 saturated carbocycles. The van der Waals surface area contributed by atoms with Crippen molar-refractivity contribution >= 4 is 22.9 Å². The fourth-order valence-corrected chi connectivity index (χ4v) is 4.08. The van der Waals surface area contributed by atoms with Crippen molar-refractivity contribution in [2.45, 2.75) is 25.5 Å². The second kappa shape index (κ2) is 7.94. The summed E-state index contributed by atoms with van der Waals surface area (Å²) in [5, 5.41) is 8.56. The van der Waals surface area contributed by atoms with Gasteiger partial charge in [-0.05, 0) is 25.0 Å². The van der Waals surface area contributed by atoms with E-state index < -0.39 is 5.82 Å². The lowest BCUT2D eigenvalue weighted by atomic mass is 10.1. The van der Waals surface area contributed by atoms with Crippen molar-refractivity contribution in [1.29, 1.82) is 0 Å². The van der Waals surface area contributed by atoms with Gasteiger partial charge in [-0.1, -0.05) is 17.3 Å². The van der Waals surface area contributed by atoms with E-state index in [1.165, 1.54) is 18.5 Å². The molecule has 0 spiro atoms. The number of aromatic nitrogens is 5. The third-order valence-electron chi connectivity index (χ3n) is 5.59. The van der Waals surface area contributed by atoms with Gasteiger partial charge in [-0.15, -0.1) is 5.10 Å². The SMILES string of the molecule is O=C(c1ccccc1F)N1CCO[C@H](Cn2nnc3c(N4CCCC4)ncnc32)C1. The molecule has 2 saturated heterocycles. The summed E-state index contributed by atoms with van der Waals surface area (Å²) >= 11 is 0. The van der Waals surface area contributed by atoms with Crippen LogP contribution < -0.4 is 4.90 Å². The van der Waals surface area contributed by atoms with Gasteiger partial charge in [0.25, 0.3) is 5.91 Å². The molecule has 10 heteroatoms. The lowest BCUT2D eigenvalue weighted by Crippen LogP contribution is -2.47. The fourth-order valence-electron chi connectivity index (χ4n) is 4.08. The average molecular weight is 411 g/mol. The summed E-state index contributed by atoms with van der Waals surface area (Å²) in [4.78, 5) is 25.3. The van der Waals surface area contributed by atoms with Gasteiger partial charge in [0.1, 0.15) is 12.1 Å². The Labute approximate surface area is 172 Å². The Balaban J connectivity index is 1.33. The highest BCUT2D eigenvalue weighted by Gasteiger charge is 2.28. The number of anilines is 1. The number of halogens is 1. The molecular formula is C20H22FN7O2. The molecule has 1 aromatic carbocycles. The molecule has 0 bridgehead atoms. The molecule has 2 fully saturated rings. The number of hydrogen-bond donors (Lipinski definition) is 0. The molecule has 9 nitrogen and oxygen atoms in total. The molecule has 3 aromatic rings. The molecule has 0 N–H and O–H groups in total. The molecular weight excluding hydrogens is 389 g/mol. The van der Waals surface area contributed by atoms with Crippen LogP contribution in [-0.2, 0) is 11.3 Å². The average Bonchev–Trinajstić information content (AvgIpc) is 3.44. The monoisotopic (exact) mass is 411 g/mol. The van der Waals surface area contributed by atoms with E-state index in [0.717, 1.165) is 31.7 Å². The minimum absolute atomic E-state index is 0.0763. The van der Waals surface area contributed by atoms with Gasteiger partial charge >= 0.3 is 0 Å². The Hall–Kier alpha value is -3.14. The number of fused-ring (bicyclic) bond motifs is 1. The first kappa shape index (κ1) is 18.9. The molecule has 2 aliphatic heterocycles. The maximum Gasteiger partial charge on any atom is 0.256 e. The van der Waals surface area contributed by atoms with E-state index in [2.05, 4.69) is 25.2 Å². The summed E-state index contributed by atoms with van der Waals surface area (Å²) in [5.41, 5.74) is 1.40. The zero-order valence-corrected chi connectivity index (χ0v) is 16.4. The smallest absolute Gasteiger partial charge is 0.256 e. The molecule has 0 radical (unpaired) electrons. The van der Waals surface area contributed by atoms with Crippen molar-refractivity contribution in [3.8, 4) is 0 Å². The molecule has 1 amide bonds. The predicted octanol–water partition coefficient (Wildman–Crippen LogP) is 1.50. The number of carbonyl (C=O) groups excluding carboxylic acids is 1. The third-order valence-corrected chi connectivity index (χ3v) is 5.59.